The van der Waals surface area contributed by atoms with E-state index in [0.717, 1.165) is 17.8 Å². The molecule has 0 amide bonds. The van der Waals surface area contributed by atoms with Gasteiger partial charge in [0, 0.05) is 33.3 Å². The summed E-state index contributed by atoms with van der Waals surface area (Å²) < 4.78 is 2.51. The molecule has 56 heavy (non-hydrogen) atoms. The molecule has 1 heterocycles. The maximum absolute atomic E-state index is 2.53. The van der Waals surface area contributed by atoms with Crippen molar-refractivity contribution in [2.24, 2.45) is 5.92 Å². The lowest BCUT2D eigenvalue weighted by Crippen LogP contribution is -2.13. The van der Waals surface area contributed by atoms with Crippen LogP contribution < -0.4 is 4.90 Å². The summed E-state index contributed by atoms with van der Waals surface area (Å²) in [5, 5.41) is 7.74. The summed E-state index contributed by atoms with van der Waals surface area (Å²) in [5.74, 6) is 0.614. The summed E-state index contributed by atoms with van der Waals surface area (Å²) in [7, 11) is 0. The molecule has 0 bridgehead atoms. The van der Waals surface area contributed by atoms with Gasteiger partial charge >= 0.3 is 0 Å². The van der Waals surface area contributed by atoms with Crippen molar-refractivity contribution in [3.05, 3.63) is 194 Å². The number of aromatic nitrogens is 1. The Morgan fingerprint density at radius 2 is 1.27 bits per heavy atom. The third-order valence-electron chi connectivity index (χ3n) is 12.5. The van der Waals surface area contributed by atoms with Crippen LogP contribution in [0.2, 0.25) is 0 Å². The summed E-state index contributed by atoms with van der Waals surface area (Å²) >= 11 is 0. The second kappa shape index (κ2) is 12.3. The zero-order chi connectivity index (χ0) is 36.7. The normalized spacial score (nSPS) is 15.6. The van der Waals surface area contributed by atoms with Crippen molar-refractivity contribution in [2.45, 2.75) is 19.3 Å². The largest absolute Gasteiger partial charge is 0.309 e. The van der Waals surface area contributed by atoms with Gasteiger partial charge < -0.3 is 9.47 Å². The smallest absolute Gasteiger partial charge is 0.0561 e. The summed E-state index contributed by atoms with van der Waals surface area (Å²) in [6.07, 6.45) is 13.1. The van der Waals surface area contributed by atoms with Gasteiger partial charge in [-0.2, -0.15) is 0 Å². The number of benzene rings is 8. The van der Waals surface area contributed by atoms with Crippen LogP contribution in [0, 0.1) is 5.92 Å². The quantitative estimate of drug-likeness (QED) is 0.161. The number of fused-ring (bicyclic) bond motifs is 9. The number of hydrogen-bond acceptors (Lipinski definition) is 1. The van der Waals surface area contributed by atoms with Gasteiger partial charge in [-0.05, 0) is 117 Å². The Kier molecular flexibility index (Phi) is 6.91. The Hall–Kier alpha value is -6.90. The fourth-order valence-corrected chi connectivity index (χ4v) is 10.0. The monoisotopic (exact) mass is 714 g/mol. The highest BCUT2D eigenvalue weighted by Gasteiger charge is 2.30. The van der Waals surface area contributed by atoms with Crippen LogP contribution in [0.25, 0.3) is 82.4 Å². The second-order valence-electron chi connectivity index (χ2n) is 15.5. The van der Waals surface area contributed by atoms with Crippen LogP contribution in [0.1, 0.15) is 19.3 Å². The molecule has 8 aromatic carbocycles. The summed E-state index contributed by atoms with van der Waals surface area (Å²) in [5.41, 5.74) is 16.2. The van der Waals surface area contributed by atoms with Crippen molar-refractivity contribution in [1.82, 2.24) is 4.57 Å². The third kappa shape index (κ3) is 4.63. The minimum Gasteiger partial charge on any atom is -0.309 e. The van der Waals surface area contributed by atoms with Crippen molar-refractivity contribution < 1.29 is 0 Å². The fraction of sp³-hybridized carbons (Fsp3) is 0.0741. The number of para-hydroxylation sites is 2. The number of nitrogens with zero attached hydrogens (tertiary/aromatic N) is 2. The lowest BCUT2D eigenvalue weighted by molar-refractivity contribution is 0.566. The summed E-state index contributed by atoms with van der Waals surface area (Å²) in [6, 6.07) is 60.8. The molecule has 1 aromatic heterocycles. The first-order valence-corrected chi connectivity index (χ1v) is 19.9. The number of hydrogen-bond donors (Lipinski definition) is 0. The third-order valence-corrected chi connectivity index (χ3v) is 12.5. The average molecular weight is 715 g/mol. The van der Waals surface area contributed by atoms with Gasteiger partial charge in [0.05, 0.1) is 22.4 Å². The molecule has 1 unspecified atom stereocenters. The molecule has 264 valence electrons. The molecule has 1 atom stereocenters. The van der Waals surface area contributed by atoms with Crippen LogP contribution >= 0.6 is 0 Å². The highest BCUT2D eigenvalue weighted by Crippen LogP contribution is 2.56. The average Bonchev–Trinajstić information content (AvgIpc) is 3.78. The number of anilines is 3. The molecule has 3 aliphatic rings. The molecule has 12 rings (SSSR count). The first-order valence-electron chi connectivity index (χ1n) is 19.9. The van der Waals surface area contributed by atoms with Crippen molar-refractivity contribution in [3.63, 3.8) is 0 Å². The predicted octanol–water partition coefficient (Wildman–Crippen LogP) is 15.0. The van der Waals surface area contributed by atoms with E-state index in [1.165, 1.54) is 107 Å². The van der Waals surface area contributed by atoms with Crippen molar-refractivity contribution in [1.29, 1.82) is 0 Å². The lowest BCUT2D eigenvalue weighted by atomic mass is 9.83. The standard InChI is InChI=1S/C54H38N2/c1-2-15-36(16-3-1)42-20-8-10-25-48(42)55(50-27-13-24-47-53(50)46-23-12-19-39-32-38-18-6-7-21-43(38)54(47)52(39)46)41-30-31-45-44-22-9-11-26-49(44)56(51(45)34-41)40-29-28-35-14-4-5-17-37(35)33-40/h1-3,5-13,15-27,29-35H,4,14,28H2. The van der Waals surface area contributed by atoms with E-state index in [1.807, 2.05) is 0 Å². The number of rotatable bonds is 5. The molecule has 0 saturated heterocycles. The minimum absolute atomic E-state index is 0.614. The van der Waals surface area contributed by atoms with Crippen molar-refractivity contribution in [2.75, 3.05) is 4.90 Å². The first-order chi connectivity index (χ1) is 27.8. The Bertz CT molecular complexity index is 3170. The molecule has 0 radical (unpaired) electrons. The van der Waals surface area contributed by atoms with Crippen LogP contribution in [0.5, 0.6) is 0 Å². The fourth-order valence-electron chi connectivity index (χ4n) is 10.0. The highest BCUT2D eigenvalue weighted by atomic mass is 15.2. The van der Waals surface area contributed by atoms with Gasteiger partial charge in [-0.25, -0.2) is 0 Å². The van der Waals surface area contributed by atoms with E-state index in [-0.39, 0.29) is 0 Å². The zero-order valence-electron chi connectivity index (χ0n) is 31.0. The van der Waals surface area contributed by atoms with Crippen molar-refractivity contribution >= 4 is 66.1 Å². The van der Waals surface area contributed by atoms with Crippen molar-refractivity contribution in [3.8, 4) is 33.4 Å². The molecule has 2 heteroatoms. The lowest BCUT2D eigenvalue weighted by Gasteiger charge is -2.30. The Morgan fingerprint density at radius 3 is 2.21 bits per heavy atom. The maximum Gasteiger partial charge on any atom is 0.0561 e. The molecule has 0 spiro atoms. The van der Waals surface area contributed by atoms with Crippen LogP contribution in [0.15, 0.2) is 194 Å². The summed E-state index contributed by atoms with van der Waals surface area (Å²) in [6.45, 7) is 0. The molecule has 0 aliphatic heterocycles. The summed E-state index contributed by atoms with van der Waals surface area (Å²) in [4.78, 5) is 2.53. The van der Waals surface area contributed by atoms with E-state index < -0.39 is 0 Å². The van der Waals surface area contributed by atoms with E-state index in [0.29, 0.717) is 5.92 Å². The molecule has 0 saturated carbocycles. The predicted molar refractivity (Wildman–Crippen MR) is 238 cm³/mol. The zero-order valence-corrected chi connectivity index (χ0v) is 31.0. The molecule has 0 fully saturated rings. The Labute approximate surface area is 326 Å². The van der Waals surface area contributed by atoms with Crippen LogP contribution in [0.4, 0.5) is 17.1 Å². The first kappa shape index (κ1) is 31.5. The SMILES string of the molecule is C1=CC2=CC(n3c4ccccc4c4ccc(N(c5ccccc5-c5ccccc5)c5cccc6c5-c5cccc7cc8ccccc8c-6c57)cc43)=CCC2CC1. The van der Waals surface area contributed by atoms with Gasteiger partial charge in [0.2, 0.25) is 0 Å². The highest BCUT2D eigenvalue weighted by molar-refractivity contribution is 6.26. The molecule has 3 aliphatic carbocycles. The second-order valence-corrected chi connectivity index (χ2v) is 15.5. The molecular formula is C54H38N2. The van der Waals surface area contributed by atoms with Gasteiger partial charge in [0.15, 0.2) is 0 Å². The van der Waals surface area contributed by atoms with Gasteiger partial charge in [-0.15, -0.1) is 0 Å². The van der Waals surface area contributed by atoms with Crippen LogP contribution in [-0.2, 0) is 0 Å². The van der Waals surface area contributed by atoms with E-state index in [1.54, 1.807) is 0 Å². The molecule has 9 aromatic rings. The van der Waals surface area contributed by atoms with E-state index in [9.17, 15) is 0 Å². The van der Waals surface area contributed by atoms with Gasteiger partial charge in [-0.3, -0.25) is 0 Å². The molecule has 2 nitrogen and oxygen atoms in total. The van der Waals surface area contributed by atoms with Gasteiger partial charge in [0.1, 0.15) is 0 Å². The van der Waals surface area contributed by atoms with E-state index in [2.05, 4.69) is 198 Å². The Morgan fingerprint density at radius 1 is 0.536 bits per heavy atom. The van der Waals surface area contributed by atoms with E-state index >= 15 is 0 Å². The van der Waals surface area contributed by atoms with Gasteiger partial charge in [0.25, 0.3) is 0 Å². The van der Waals surface area contributed by atoms with E-state index in [4.69, 9.17) is 0 Å². The maximum atomic E-state index is 2.53. The molecular weight excluding hydrogens is 677 g/mol. The Balaban J connectivity index is 1.15. The minimum atomic E-state index is 0.614. The number of allylic oxidation sites excluding steroid dienone is 6. The molecule has 0 N–H and O–H groups in total. The van der Waals surface area contributed by atoms with Crippen LogP contribution in [-0.4, -0.2) is 4.57 Å². The van der Waals surface area contributed by atoms with Gasteiger partial charge in [-0.1, -0.05) is 146 Å². The van der Waals surface area contributed by atoms with Crippen LogP contribution in [0.3, 0.4) is 0 Å². The topological polar surface area (TPSA) is 8.17 Å².